The minimum atomic E-state index is 0.290. The normalized spacial score (nSPS) is 9.64. The third-order valence-corrected chi connectivity index (χ3v) is 1.91. The van der Waals surface area contributed by atoms with Crippen molar-refractivity contribution >= 4 is 0 Å². The number of hydrogen-bond donors (Lipinski definition) is 2. The summed E-state index contributed by atoms with van der Waals surface area (Å²) in [7, 11) is 0. The average Bonchev–Trinajstić information content (AvgIpc) is 2.21. The highest BCUT2D eigenvalue weighted by atomic mass is 16.3. The fourth-order valence-electron chi connectivity index (χ4n) is 1.14. The van der Waals surface area contributed by atoms with Crippen LogP contribution in [0, 0.1) is 11.3 Å². The van der Waals surface area contributed by atoms with Crippen molar-refractivity contribution in [3.05, 3.63) is 29.8 Å². The van der Waals surface area contributed by atoms with Crippen LogP contribution in [0.3, 0.4) is 0 Å². The van der Waals surface area contributed by atoms with Gasteiger partial charge in [0.2, 0.25) is 0 Å². The molecule has 14 heavy (non-hydrogen) atoms. The van der Waals surface area contributed by atoms with Crippen LogP contribution >= 0.6 is 0 Å². The Balaban J connectivity index is 2.19. The van der Waals surface area contributed by atoms with Gasteiger partial charge in [-0.25, -0.2) is 0 Å². The van der Waals surface area contributed by atoms with Gasteiger partial charge in [-0.3, -0.25) is 0 Å². The first-order chi connectivity index (χ1) is 6.83. The molecular formula is C11H14N2O. The van der Waals surface area contributed by atoms with E-state index in [1.165, 1.54) is 0 Å². The fraction of sp³-hybridized carbons (Fsp3) is 0.364. The zero-order chi connectivity index (χ0) is 10.2. The maximum Gasteiger partial charge on any atom is 0.115 e. The summed E-state index contributed by atoms with van der Waals surface area (Å²) in [5.74, 6) is 0.290. The van der Waals surface area contributed by atoms with E-state index >= 15 is 0 Å². The molecule has 0 aliphatic rings. The Bertz CT molecular complexity index is 300. The van der Waals surface area contributed by atoms with Gasteiger partial charge in [-0.1, -0.05) is 12.1 Å². The molecule has 0 amide bonds. The summed E-state index contributed by atoms with van der Waals surface area (Å²) in [6.07, 6.45) is 1.48. The summed E-state index contributed by atoms with van der Waals surface area (Å²) >= 11 is 0. The fourth-order valence-corrected chi connectivity index (χ4v) is 1.14. The molecule has 1 aromatic carbocycles. The zero-order valence-electron chi connectivity index (χ0n) is 8.03. The van der Waals surface area contributed by atoms with Gasteiger partial charge in [-0.05, 0) is 30.7 Å². The molecule has 0 aliphatic carbocycles. The molecule has 0 aromatic heterocycles. The maximum absolute atomic E-state index is 9.04. The highest BCUT2D eigenvalue weighted by Gasteiger charge is 1.92. The van der Waals surface area contributed by atoms with Crippen molar-refractivity contribution in [2.45, 2.75) is 19.4 Å². The van der Waals surface area contributed by atoms with Crippen LogP contribution in [0.2, 0.25) is 0 Å². The summed E-state index contributed by atoms with van der Waals surface area (Å²) < 4.78 is 0. The molecule has 0 unspecified atom stereocenters. The topological polar surface area (TPSA) is 56.0 Å². The molecule has 0 fully saturated rings. The van der Waals surface area contributed by atoms with Crippen LogP contribution in [0.15, 0.2) is 24.3 Å². The van der Waals surface area contributed by atoms with Crippen molar-refractivity contribution < 1.29 is 5.11 Å². The van der Waals surface area contributed by atoms with Gasteiger partial charge in [0.1, 0.15) is 5.75 Å². The van der Waals surface area contributed by atoms with E-state index in [0.29, 0.717) is 12.2 Å². The van der Waals surface area contributed by atoms with Gasteiger partial charge in [0.25, 0.3) is 0 Å². The SMILES string of the molecule is N#CCCCNCc1ccc(O)cc1. The Labute approximate surface area is 84.0 Å². The van der Waals surface area contributed by atoms with E-state index in [-0.39, 0.29) is 0 Å². The first kappa shape index (κ1) is 10.6. The molecule has 0 aliphatic heterocycles. The Morgan fingerprint density at radius 1 is 1.29 bits per heavy atom. The number of rotatable bonds is 5. The van der Waals surface area contributed by atoms with Gasteiger partial charge < -0.3 is 10.4 Å². The van der Waals surface area contributed by atoms with Gasteiger partial charge in [0, 0.05) is 13.0 Å². The Morgan fingerprint density at radius 2 is 2.00 bits per heavy atom. The van der Waals surface area contributed by atoms with Crippen LogP contribution in [0.1, 0.15) is 18.4 Å². The van der Waals surface area contributed by atoms with E-state index in [9.17, 15) is 0 Å². The lowest BCUT2D eigenvalue weighted by Crippen LogP contribution is -2.14. The van der Waals surface area contributed by atoms with E-state index in [1.807, 2.05) is 12.1 Å². The second-order valence-corrected chi connectivity index (χ2v) is 3.10. The molecule has 1 aromatic rings. The number of unbranched alkanes of at least 4 members (excludes halogenated alkanes) is 1. The first-order valence-electron chi connectivity index (χ1n) is 4.68. The summed E-state index contributed by atoms with van der Waals surface area (Å²) in [6.45, 7) is 1.64. The molecule has 0 bridgehead atoms. The van der Waals surface area contributed by atoms with Gasteiger partial charge in [-0.15, -0.1) is 0 Å². The lowest BCUT2D eigenvalue weighted by Gasteiger charge is -2.03. The second-order valence-electron chi connectivity index (χ2n) is 3.10. The van der Waals surface area contributed by atoms with Crippen molar-refractivity contribution in [1.29, 1.82) is 5.26 Å². The van der Waals surface area contributed by atoms with Crippen molar-refractivity contribution in [1.82, 2.24) is 5.32 Å². The molecular weight excluding hydrogens is 176 g/mol. The molecule has 0 saturated heterocycles. The summed E-state index contributed by atoms with van der Waals surface area (Å²) in [5, 5.41) is 20.6. The zero-order valence-corrected chi connectivity index (χ0v) is 8.03. The van der Waals surface area contributed by atoms with E-state index < -0.39 is 0 Å². The highest BCUT2D eigenvalue weighted by molar-refractivity contribution is 5.25. The minimum Gasteiger partial charge on any atom is -0.508 e. The van der Waals surface area contributed by atoms with Crippen molar-refractivity contribution in [3.63, 3.8) is 0 Å². The molecule has 2 N–H and O–H groups in total. The summed E-state index contributed by atoms with van der Waals surface area (Å²) in [6, 6.07) is 9.21. The van der Waals surface area contributed by atoms with Crippen molar-refractivity contribution in [2.24, 2.45) is 0 Å². The molecule has 3 nitrogen and oxygen atoms in total. The molecule has 0 saturated carbocycles. The first-order valence-corrected chi connectivity index (χ1v) is 4.68. The van der Waals surface area contributed by atoms with Crippen LogP contribution in [0.4, 0.5) is 0 Å². The molecule has 1 rings (SSSR count). The minimum absolute atomic E-state index is 0.290. The van der Waals surface area contributed by atoms with Crippen LogP contribution < -0.4 is 5.32 Å². The van der Waals surface area contributed by atoms with E-state index in [2.05, 4.69) is 11.4 Å². The standard InChI is InChI=1S/C11H14N2O/c12-7-1-2-8-13-9-10-3-5-11(14)6-4-10/h3-6,13-14H,1-2,8-9H2. The van der Waals surface area contributed by atoms with E-state index in [0.717, 1.165) is 25.1 Å². The number of nitrogens with zero attached hydrogens (tertiary/aromatic N) is 1. The number of phenolic OH excluding ortho intramolecular Hbond substituents is 1. The molecule has 0 atom stereocenters. The second kappa shape index (κ2) is 6.01. The Hall–Kier alpha value is -1.53. The number of phenols is 1. The maximum atomic E-state index is 9.04. The van der Waals surface area contributed by atoms with Crippen LogP contribution in [0.5, 0.6) is 5.75 Å². The van der Waals surface area contributed by atoms with Gasteiger partial charge >= 0.3 is 0 Å². The lowest BCUT2D eigenvalue weighted by molar-refractivity contribution is 0.475. The monoisotopic (exact) mass is 190 g/mol. The molecule has 0 radical (unpaired) electrons. The van der Waals surface area contributed by atoms with Gasteiger partial charge in [-0.2, -0.15) is 5.26 Å². The molecule has 3 heteroatoms. The van der Waals surface area contributed by atoms with Crippen LogP contribution in [-0.4, -0.2) is 11.7 Å². The number of aromatic hydroxyl groups is 1. The van der Waals surface area contributed by atoms with E-state index in [4.69, 9.17) is 10.4 Å². The Morgan fingerprint density at radius 3 is 2.64 bits per heavy atom. The van der Waals surface area contributed by atoms with Crippen LogP contribution in [0.25, 0.3) is 0 Å². The third-order valence-electron chi connectivity index (χ3n) is 1.91. The smallest absolute Gasteiger partial charge is 0.115 e. The molecule has 74 valence electrons. The van der Waals surface area contributed by atoms with Gasteiger partial charge in [0.05, 0.1) is 6.07 Å². The highest BCUT2D eigenvalue weighted by Crippen LogP contribution is 2.08. The number of nitriles is 1. The predicted molar refractivity (Wildman–Crippen MR) is 54.7 cm³/mol. The number of nitrogens with one attached hydrogen (secondary N) is 1. The molecule has 0 spiro atoms. The average molecular weight is 190 g/mol. The largest absolute Gasteiger partial charge is 0.508 e. The summed E-state index contributed by atoms with van der Waals surface area (Å²) in [5.41, 5.74) is 1.14. The number of hydrogen-bond acceptors (Lipinski definition) is 3. The van der Waals surface area contributed by atoms with Crippen molar-refractivity contribution in [3.8, 4) is 11.8 Å². The van der Waals surface area contributed by atoms with Crippen LogP contribution in [-0.2, 0) is 6.54 Å². The van der Waals surface area contributed by atoms with Crippen molar-refractivity contribution in [2.75, 3.05) is 6.54 Å². The Kier molecular flexibility index (Phi) is 4.53. The van der Waals surface area contributed by atoms with E-state index in [1.54, 1.807) is 12.1 Å². The quantitative estimate of drug-likeness (QED) is 0.696. The molecule has 0 heterocycles. The van der Waals surface area contributed by atoms with Gasteiger partial charge in [0.15, 0.2) is 0 Å². The lowest BCUT2D eigenvalue weighted by atomic mass is 10.2. The third kappa shape index (κ3) is 3.92. The summed E-state index contributed by atoms with van der Waals surface area (Å²) in [4.78, 5) is 0. The predicted octanol–water partition coefficient (Wildman–Crippen LogP) is 1.79. The number of benzene rings is 1.